The van der Waals surface area contributed by atoms with Crippen LogP contribution in [0.5, 0.6) is 5.75 Å². The molecule has 0 aromatic heterocycles. The van der Waals surface area contributed by atoms with Crippen molar-refractivity contribution in [1.29, 1.82) is 0 Å². The van der Waals surface area contributed by atoms with Crippen LogP contribution in [0.2, 0.25) is 0 Å². The summed E-state index contributed by atoms with van der Waals surface area (Å²) in [5.74, 6) is 5.14. The van der Waals surface area contributed by atoms with Gasteiger partial charge < -0.3 is 5.11 Å². The number of hydrogen-bond donors (Lipinski definition) is 2. The summed E-state index contributed by atoms with van der Waals surface area (Å²) in [5.41, 5.74) is 1.90. The Labute approximate surface area is 71.7 Å². The number of hydrogen-bond acceptors (Lipinski definition) is 3. The van der Waals surface area contributed by atoms with Gasteiger partial charge in [0, 0.05) is 5.56 Å². The average Bonchev–Trinajstić information content (AvgIpc) is 2.09. The van der Waals surface area contributed by atoms with Crippen molar-refractivity contribution in [3.63, 3.8) is 0 Å². The maximum absolute atomic E-state index is 9.33. The quantitative estimate of drug-likeness (QED) is 0.668. The van der Waals surface area contributed by atoms with Gasteiger partial charge in [0.05, 0.1) is 6.61 Å². The van der Waals surface area contributed by atoms with Crippen LogP contribution in [0.15, 0.2) is 18.2 Å². The van der Waals surface area contributed by atoms with E-state index in [2.05, 4.69) is 11.8 Å². The predicted octanol–water partition coefficient (Wildman–Crippen LogP) is 1.34. The van der Waals surface area contributed by atoms with Gasteiger partial charge in [0.15, 0.2) is 0 Å². The van der Waals surface area contributed by atoms with Crippen molar-refractivity contribution in [1.82, 2.24) is 0 Å². The van der Waals surface area contributed by atoms with Gasteiger partial charge in [-0.05, 0) is 24.1 Å². The van der Waals surface area contributed by atoms with E-state index in [1.54, 1.807) is 6.07 Å². The van der Waals surface area contributed by atoms with E-state index >= 15 is 0 Å². The highest BCUT2D eigenvalue weighted by Crippen LogP contribution is 2.18. The molecule has 0 fully saturated rings. The molecule has 66 valence electrons. The van der Waals surface area contributed by atoms with E-state index in [-0.39, 0.29) is 12.4 Å². The summed E-state index contributed by atoms with van der Waals surface area (Å²) in [6.07, 6.45) is 0.942. The molecule has 0 aliphatic heterocycles. The van der Waals surface area contributed by atoms with Crippen LogP contribution in [0.25, 0.3) is 0 Å². The van der Waals surface area contributed by atoms with Gasteiger partial charge in [-0.1, -0.05) is 13.0 Å². The molecule has 0 heterocycles. The fourth-order valence-electron chi connectivity index (χ4n) is 1.06. The van der Waals surface area contributed by atoms with Gasteiger partial charge in [-0.25, -0.2) is 5.90 Å². The molecule has 1 aromatic carbocycles. The summed E-state index contributed by atoms with van der Waals surface area (Å²) in [6.45, 7) is 2.30. The van der Waals surface area contributed by atoms with E-state index in [1.807, 2.05) is 12.1 Å². The average molecular weight is 167 g/mol. The Balaban J connectivity index is 2.91. The maximum atomic E-state index is 9.33. The molecule has 12 heavy (non-hydrogen) atoms. The van der Waals surface area contributed by atoms with Crippen LogP contribution in [0.4, 0.5) is 0 Å². The lowest BCUT2D eigenvalue weighted by molar-refractivity contribution is 0.122. The second kappa shape index (κ2) is 4.09. The van der Waals surface area contributed by atoms with Crippen molar-refractivity contribution in [3.8, 4) is 5.75 Å². The highest BCUT2D eigenvalue weighted by atomic mass is 16.6. The van der Waals surface area contributed by atoms with Gasteiger partial charge in [-0.15, -0.1) is 0 Å². The van der Waals surface area contributed by atoms with Gasteiger partial charge in [0.25, 0.3) is 0 Å². The molecule has 1 rings (SSSR count). The number of rotatable bonds is 3. The summed E-state index contributed by atoms with van der Waals surface area (Å²) >= 11 is 0. The third kappa shape index (κ3) is 1.96. The van der Waals surface area contributed by atoms with Crippen LogP contribution < -0.4 is 5.90 Å². The van der Waals surface area contributed by atoms with Gasteiger partial charge in [-0.3, -0.25) is 4.84 Å². The van der Waals surface area contributed by atoms with E-state index in [1.165, 1.54) is 5.56 Å². The van der Waals surface area contributed by atoms with Crippen molar-refractivity contribution in [2.75, 3.05) is 0 Å². The zero-order valence-corrected chi connectivity index (χ0v) is 7.08. The van der Waals surface area contributed by atoms with E-state index in [0.717, 1.165) is 12.0 Å². The second-order valence-electron chi connectivity index (χ2n) is 2.63. The van der Waals surface area contributed by atoms with E-state index < -0.39 is 0 Å². The summed E-state index contributed by atoms with van der Waals surface area (Å²) in [4.78, 5) is 4.45. The van der Waals surface area contributed by atoms with Crippen LogP contribution in [-0.2, 0) is 17.9 Å². The number of aromatic hydroxyl groups is 1. The Bertz CT molecular complexity index is 261. The standard InChI is InChI=1S/C9H13NO2/c1-2-7-3-4-9(11)8(5-7)6-12-10/h3-5,11H,2,6,10H2,1H3. The van der Waals surface area contributed by atoms with Crippen molar-refractivity contribution in [2.45, 2.75) is 20.0 Å². The molecular formula is C9H13NO2. The summed E-state index contributed by atoms with van der Waals surface area (Å²) in [6, 6.07) is 5.44. The number of phenols is 1. The number of phenolic OH excluding ortho intramolecular Hbond substituents is 1. The molecule has 0 aliphatic carbocycles. The van der Waals surface area contributed by atoms with Crippen molar-refractivity contribution in [2.24, 2.45) is 5.90 Å². The summed E-state index contributed by atoms with van der Waals surface area (Å²) < 4.78 is 0. The molecule has 0 radical (unpaired) electrons. The number of nitrogens with two attached hydrogens (primary N) is 1. The molecule has 3 N–H and O–H groups in total. The van der Waals surface area contributed by atoms with Crippen molar-refractivity contribution >= 4 is 0 Å². The molecular weight excluding hydrogens is 154 g/mol. The molecule has 1 aromatic rings. The molecule has 0 bridgehead atoms. The minimum absolute atomic E-state index is 0.234. The molecule has 0 saturated heterocycles. The van der Waals surface area contributed by atoms with Crippen molar-refractivity contribution < 1.29 is 9.94 Å². The summed E-state index contributed by atoms with van der Waals surface area (Å²) in [5, 5.41) is 9.33. The predicted molar refractivity (Wildman–Crippen MR) is 46.5 cm³/mol. The third-order valence-corrected chi connectivity index (χ3v) is 1.79. The Morgan fingerprint density at radius 3 is 2.83 bits per heavy atom. The topological polar surface area (TPSA) is 55.5 Å². The zero-order chi connectivity index (χ0) is 8.97. The van der Waals surface area contributed by atoms with Crippen LogP contribution in [0.3, 0.4) is 0 Å². The van der Waals surface area contributed by atoms with Gasteiger partial charge in [-0.2, -0.15) is 0 Å². The largest absolute Gasteiger partial charge is 0.508 e. The minimum Gasteiger partial charge on any atom is -0.508 e. The number of aryl methyl sites for hydroxylation is 1. The molecule has 0 aliphatic rings. The first-order chi connectivity index (χ1) is 5.77. The highest BCUT2D eigenvalue weighted by molar-refractivity contribution is 5.35. The normalized spacial score (nSPS) is 10.2. The Kier molecular flexibility index (Phi) is 3.08. The molecule has 0 saturated carbocycles. The third-order valence-electron chi connectivity index (χ3n) is 1.79. The van der Waals surface area contributed by atoms with E-state index in [4.69, 9.17) is 5.90 Å². The fourth-order valence-corrected chi connectivity index (χ4v) is 1.06. The highest BCUT2D eigenvalue weighted by Gasteiger charge is 2.00. The van der Waals surface area contributed by atoms with Crippen LogP contribution in [0.1, 0.15) is 18.1 Å². The maximum Gasteiger partial charge on any atom is 0.121 e. The first-order valence-electron chi connectivity index (χ1n) is 3.90. The smallest absolute Gasteiger partial charge is 0.121 e. The molecule has 3 nitrogen and oxygen atoms in total. The molecule has 0 unspecified atom stereocenters. The summed E-state index contributed by atoms with van der Waals surface area (Å²) in [7, 11) is 0. The Hall–Kier alpha value is -1.06. The SMILES string of the molecule is CCc1ccc(O)c(CON)c1. The first kappa shape index (κ1) is 9.03. The Morgan fingerprint density at radius 1 is 1.50 bits per heavy atom. The lowest BCUT2D eigenvalue weighted by Gasteiger charge is -2.04. The van der Waals surface area contributed by atoms with Crippen LogP contribution in [0, 0.1) is 0 Å². The molecule has 3 heteroatoms. The van der Waals surface area contributed by atoms with Gasteiger partial charge in [0.1, 0.15) is 5.75 Å². The monoisotopic (exact) mass is 167 g/mol. The zero-order valence-electron chi connectivity index (χ0n) is 7.08. The lowest BCUT2D eigenvalue weighted by Crippen LogP contribution is -1.99. The number of benzene rings is 1. The molecule has 0 atom stereocenters. The fraction of sp³-hybridized carbons (Fsp3) is 0.333. The molecule has 0 spiro atoms. The van der Waals surface area contributed by atoms with Gasteiger partial charge in [0.2, 0.25) is 0 Å². The van der Waals surface area contributed by atoms with E-state index in [0.29, 0.717) is 0 Å². The second-order valence-corrected chi connectivity index (χ2v) is 2.63. The Morgan fingerprint density at radius 2 is 2.25 bits per heavy atom. The van der Waals surface area contributed by atoms with Crippen LogP contribution in [-0.4, -0.2) is 5.11 Å². The van der Waals surface area contributed by atoms with Gasteiger partial charge >= 0.3 is 0 Å². The minimum atomic E-state index is 0.234. The first-order valence-corrected chi connectivity index (χ1v) is 3.90. The molecule has 0 amide bonds. The lowest BCUT2D eigenvalue weighted by atomic mass is 10.1. The van der Waals surface area contributed by atoms with Crippen LogP contribution >= 0.6 is 0 Å². The van der Waals surface area contributed by atoms with E-state index in [9.17, 15) is 5.11 Å². The van der Waals surface area contributed by atoms with Crippen molar-refractivity contribution in [3.05, 3.63) is 29.3 Å².